The maximum Gasteiger partial charge on any atom is 0.472 e. The van der Waals surface area contributed by atoms with Crippen LogP contribution in [0.3, 0.4) is 0 Å². The number of amides is 1. The zero-order chi connectivity index (χ0) is 52.7. The zero-order valence-corrected chi connectivity index (χ0v) is 49.6. The number of nitrogens with zero attached hydrogens (tertiary/aromatic N) is 1. The Labute approximate surface area is 448 Å². The van der Waals surface area contributed by atoms with Crippen LogP contribution in [-0.4, -0.2) is 73.4 Å². The second-order valence-electron chi connectivity index (χ2n) is 22.8. The van der Waals surface area contributed by atoms with Crippen LogP contribution in [0.2, 0.25) is 0 Å². The molecule has 0 aliphatic carbocycles. The Hall–Kier alpha value is -1.28. The minimum Gasteiger partial charge on any atom is -0.387 e. The Balaban J connectivity index is 4.20. The molecule has 0 radical (unpaired) electrons. The first kappa shape index (κ1) is 70.7. The van der Waals surface area contributed by atoms with Crippen molar-refractivity contribution in [3.05, 3.63) is 36.5 Å². The maximum atomic E-state index is 13.0. The summed E-state index contributed by atoms with van der Waals surface area (Å²) < 4.78 is 23.7. The van der Waals surface area contributed by atoms with Gasteiger partial charge in [-0.15, -0.1) is 0 Å². The van der Waals surface area contributed by atoms with Gasteiger partial charge >= 0.3 is 7.82 Å². The SMILES string of the molecule is CCCCCCCCCCCCCCCCC/C=C/CC/C=C/CC/C=C/C(O)C(COP(=O)(O)OCC[N+](C)(C)C)NC(=O)CCCCCCCCCCCCCCCCCCCCCCCCCCC. The predicted octanol–water partition coefficient (Wildman–Crippen LogP) is 19.3. The minimum atomic E-state index is -4.36. The van der Waals surface area contributed by atoms with E-state index in [1.165, 1.54) is 244 Å². The van der Waals surface area contributed by atoms with Crippen LogP contribution in [0.4, 0.5) is 0 Å². The van der Waals surface area contributed by atoms with E-state index in [0.717, 1.165) is 44.9 Å². The molecule has 0 bridgehead atoms. The maximum absolute atomic E-state index is 13.0. The number of phosphoric acid groups is 1. The molecule has 426 valence electrons. The molecule has 3 unspecified atom stereocenters. The largest absolute Gasteiger partial charge is 0.472 e. The normalized spacial score (nSPS) is 14.0. The summed E-state index contributed by atoms with van der Waals surface area (Å²) in [6.45, 7) is 4.84. The summed E-state index contributed by atoms with van der Waals surface area (Å²) in [6.07, 6.45) is 71.3. The molecular formula is C63H124N2O6P+. The van der Waals surface area contributed by atoms with E-state index in [1.54, 1.807) is 6.08 Å². The van der Waals surface area contributed by atoms with Crippen LogP contribution < -0.4 is 5.32 Å². The molecule has 0 spiro atoms. The number of aliphatic hydroxyl groups excluding tert-OH is 1. The molecule has 0 aliphatic heterocycles. The van der Waals surface area contributed by atoms with Gasteiger partial charge < -0.3 is 19.8 Å². The average molecular weight is 1040 g/mol. The molecule has 0 aromatic rings. The standard InChI is InChI=1S/C63H123N2O6P/c1-6-8-10-12-14-16-18-20-22-24-26-28-30-32-34-36-38-40-42-44-46-48-50-52-54-56-62(66)61(60-71-72(68,69)70-59-58-65(3,4)5)64-63(67)57-55-53-51-49-47-45-43-41-39-37-35-33-31-29-27-25-23-21-19-17-15-13-11-9-7-2/h38,40,46,48,54,56,61-62,66H,6-37,39,41-45,47,49-53,55,57-60H2,1-5H3,(H-,64,67,68,69)/p+1/b40-38+,48-46+,56-54+. The van der Waals surface area contributed by atoms with Crippen LogP contribution in [-0.2, 0) is 18.4 Å². The second kappa shape index (κ2) is 54.5. The minimum absolute atomic E-state index is 0.0553. The fraction of sp³-hybridized carbons (Fsp3) is 0.889. The topological polar surface area (TPSA) is 105 Å². The smallest absolute Gasteiger partial charge is 0.387 e. The number of unbranched alkanes of at least 4 members (excludes halogenated alkanes) is 41. The van der Waals surface area contributed by atoms with Gasteiger partial charge in [-0.05, 0) is 44.9 Å². The van der Waals surface area contributed by atoms with E-state index in [2.05, 4.69) is 43.5 Å². The second-order valence-corrected chi connectivity index (χ2v) is 24.2. The van der Waals surface area contributed by atoms with E-state index in [9.17, 15) is 19.4 Å². The number of aliphatic hydroxyl groups is 1. The highest BCUT2D eigenvalue weighted by atomic mass is 31.2. The molecule has 0 saturated carbocycles. The highest BCUT2D eigenvalue weighted by Gasteiger charge is 2.27. The Morgan fingerprint density at radius 2 is 0.764 bits per heavy atom. The molecule has 0 heterocycles. The van der Waals surface area contributed by atoms with Crippen molar-refractivity contribution in [2.75, 3.05) is 40.9 Å². The molecule has 0 aromatic carbocycles. The summed E-state index contributed by atoms with van der Waals surface area (Å²) in [4.78, 5) is 23.3. The molecule has 3 N–H and O–H groups in total. The Kier molecular flexibility index (Phi) is 53.5. The molecule has 8 nitrogen and oxygen atoms in total. The van der Waals surface area contributed by atoms with E-state index < -0.39 is 20.0 Å². The average Bonchev–Trinajstić information content (AvgIpc) is 3.34. The van der Waals surface area contributed by atoms with Crippen molar-refractivity contribution in [2.45, 2.75) is 321 Å². The lowest BCUT2D eigenvalue weighted by Gasteiger charge is -2.25. The summed E-state index contributed by atoms with van der Waals surface area (Å²) in [5.41, 5.74) is 0. The van der Waals surface area contributed by atoms with Gasteiger partial charge in [0.1, 0.15) is 13.2 Å². The van der Waals surface area contributed by atoms with Crippen LogP contribution in [0.25, 0.3) is 0 Å². The number of phosphoric ester groups is 1. The third-order valence-electron chi connectivity index (χ3n) is 14.3. The summed E-state index contributed by atoms with van der Waals surface area (Å²) in [5, 5.41) is 13.9. The fourth-order valence-electron chi connectivity index (χ4n) is 9.43. The molecular weight excluding hydrogens is 912 g/mol. The summed E-state index contributed by atoms with van der Waals surface area (Å²) in [7, 11) is 1.56. The quantitative estimate of drug-likeness (QED) is 0.0243. The van der Waals surface area contributed by atoms with Crippen LogP contribution in [0, 0.1) is 0 Å². The Morgan fingerprint density at radius 3 is 1.11 bits per heavy atom. The molecule has 1 amide bonds. The first-order valence-electron chi connectivity index (χ1n) is 31.4. The predicted molar refractivity (Wildman–Crippen MR) is 314 cm³/mol. The van der Waals surface area contributed by atoms with Gasteiger partial charge in [-0.1, -0.05) is 294 Å². The first-order chi connectivity index (χ1) is 35.0. The van der Waals surface area contributed by atoms with Gasteiger partial charge in [0.05, 0.1) is 39.9 Å². The number of allylic oxidation sites excluding steroid dienone is 5. The van der Waals surface area contributed by atoms with Crippen LogP contribution in [0.15, 0.2) is 36.5 Å². The third kappa shape index (κ3) is 56.4. The van der Waals surface area contributed by atoms with Gasteiger partial charge in [-0.25, -0.2) is 4.57 Å². The molecule has 72 heavy (non-hydrogen) atoms. The van der Waals surface area contributed by atoms with E-state index in [4.69, 9.17) is 9.05 Å². The number of carbonyl (C=O) groups excluding carboxylic acids is 1. The number of hydrogen-bond acceptors (Lipinski definition) is 5. The van der Waals surface area contributed by atoms with Crippen molar-refractivity contribution in [3.8, 4) is 0 Å². The molecule has 0 fully saturated rings. The van der Waals surface area contributed by atoms with Gasteiger partial charge in [-0.2, -0.15) is 0 Å². The van der Waals surface area contributed by atoms with E-state index in [-0.39, 0.29) is 19.1 Å². The summed E-state index contributed by atoms with van der Waals surface area (Å²) in [5.74, 6) is -0.185. The fourth-order valence-corrected chi connectivity index (χ4v) is 10.2. The number of carbonyl (C=O) groups is 1. The van der Waals surface area contributed by atoms with Crippen molar-refractivity contribution in [2.24, 2.45) is 0 Å². The molecule has 0 aliphatic rings. The number of hydrogen-bond donors (Lipinski definition) is 3. The monoisotopic (exact) mass is 1040 g/mol. The van der Waals surface area contributed by atoms with Gasteiger partial charge in [-0.3, -0.25) is 13.8 Å². The summed E-state index contributed by atoms with van der Waals surface area (Å²) >= 11 is 0. The Bertz CT molecular complexity index is 1270. The molecule has 0 aromatic heterocycles. The molecule has 0 saturated heterocycles. The van der Waals surface area contributed by atoms with E-state index >= 15 is 0 Å². The van der Waals surface area contributed by atoms with Gasteiger partial charge in [0, 0.05) is 6.42 Å². The number of quaternary nitrogens is 1. The Morgan fingerprint density at radius 1 is 0.458 bits per heavy atom. The van der Waals surface area contributed by atoms with Crippen molar-refractivity contribution >= 4 is 13.7 Å². The lowest BCUT2D eigenvalue weighted by molar-refractivity contribution is -0.870. The first-order valence-corrected chi connectivity index (χ1v) is 32.9. The van der Waals surface area contributed by atoms with Crippen molar-refractivity contribution < 1.29 is 32.9 Å². The molecule has 9 heteroatoms. The van der Waals surface area contributed by atoms with Gasteiger partial charge in [0.25, 0.3) is 0 Å². The van der Waals surface area contributed by atoms with Gasteiger partial charge in [0.2, 0.25) is 5.91 Å². The van der Waals surface area contributed by atoms with E-state index in [1.807, 2.05) is 27.2 Å². The molecule has 0 rings (SSSR count). The summed E-state index contributed by atoms with van der Waals surface area (Å²) in [6, 6.07) is -0.868. The van der Waals surface area contributed by atoms with Crippen molar-refractivity contribution in [1.29, 1.82) is 0 Å². The highest BCUT2D eigenvalue weighted by Crippen LogP contribution is 2.43. The van der Waals surface area contributed by atoms with Crippen LogP contribution >= 0.6 is 7.82 Å². The number of likely N-dealkylation sites (N-methyl/N-ethyl adjacent to an activating group) is 1. The molecule has 3 atom stereocenters. The van der Waals surface area contributed by atoms with Crippen molar-refractivity contribution in [1.82, 2.24) is 5.32 Å². The zero-order valence-electron chi connectivity index (χ0n) is 48.7. The van der Waals surface area contributed by atoms with E-state index in [0.29, 0.717) is 17.4 Å². The number of rotatable bonds is 58. The van der Waals surface area contributed by atoms with Gasteiger partial charge in [0.15, 0.2) is 0 Å². The lowest BCUT2D eigenvalue weighted by atomic mass is 10.0. The third-order valence-corrected chi connectivity index (χ3v) is 15.3. The number of nitrogens with one attached hydrogen (secondary N) is 1. The highest BCUT2D eigenvalue weighted by molar-refractivity contribution is 7.47. The van der Waals surface area contributed by atoms with Crippen molar-refractivity contribution in [3.63, 3.8) is 0 Å². The lowest BCUT2D eigenvalue weighted by Crippen LogP contribution is -2.45. The van der Waals surface area contributed by atoms with Crippen LogP contribution in [0.5, 0.6) is 0 Å². The van der Waals surface area contributed by atoms with Crippen LogP contribution in [0.1, 0.15) is 309 Å².